The Hall–Kier alpha value is -0.380. The number of hydrogen-bond donors (Lipinski definition) is 0. The molecule has 0 aromatic rings. The molecule has 5 atom stereocenters. The molecule has 0 spiro atoms. The fourth-order valence-electron chi connectivity index (χ4n) is 4.33. The van der Waals surface area contributed by atoms with Gasteiger partial charge in [0.15, 0.2) is 6.29 Å². The summed E-state index contributed by atoms with van der Waals surface area (Å²) in [6.07, 6.45) is 6.58. The van der Waals surface area contributed by atoms with E-state index in [1.54, 1.807) is 0 Å². The van der Waals surface area contributed by atoms with Crippen LogP contribution in [0.5, 0.6) is 0 Å². The smallest absolute Gasteiger partial charge is 0.161 e. The molecule has 0 aromatic carbocycles. The van der Waals surface area contributed by atoms with Crippen molar-refractivity contribution in [2.24, 2.45) is 17.8 Å². The topological polar surface area (TPSA) is 21.7 Å². The molecule has 20 heavy (non-hydrogen) atoms. The first-order valence-corrected chi connectivity index (χ1v) is 8.30. The van der Waals surface area contributed by atoms with Crippen LogP contribution in [0.1, 0.15) is 40.0 Å². The molecule has 3 aliphatic rings. The summed E-state index contributed by atoms with van der Waals surface area (Å²) in [6, 6.07) is 0. The summed E-state index contributed by atoms with van der Waals surface area (Å²) in [4.78, 5) is 2.52. The second-order valence-corrected chi connectivity index (χ2v) is 7.10. The van der Waals surface area contributed by atoms with Crippen LogP contribution in [0.3, 0.4) is 0 Å². The summed E-state index contributed by atoms with van der Waals surface area (Å²) in [7, 11) is 0. The molecule has 1 aliphatic carbocycles. The second-order valence-electron chi connectivity index (χ2n) is 7.10. The lowest BCUT2D eigenvalue weighted by Gasteiger charge is -2.36. The molecule has 0 bridgehead atoms. The highest BCUT2D eigenvalue weighted by Crippen LogP contribution is 2.39. The van der Waals surface area contributed by atoms with E-state index < -0.39 is 0 Å². The van der Waals surface area contributed by atoms with Crippen LogP contribution in [0.25, 0.3) is 0 Å². The van der Waals surface area contributed by atoms with E-state index in [2.05, 4.69) is 31.7 Å². The Kier molecular flexibility index (Phi) is 4.49. The third-order valence-corrected chi connectivity index (χ3v) is 5.20. The van der Waals surface area contributed by atoms with E-state index >= 15 is 0 Å². The van der Waals surface area contributed by atoms with Crippen LogP contribution in [-0.4, -0.2) is 43.5 Å². The summed E-state index contributed by atoms with van der Waals surface area (Å²) in [5, 5.41) is 0. The van der Waals surface area contributed by atoms with Gasteiger partial charge in [-0.05, 0) is 51.1 Å². The van der Waals surface area contributed by atoms with Crippen molar-refractivity contribution in [3.05, 3.63) is 11.6 Å². The van der Waals surface area contributed by atoms with Gasteiger partial charge >= 0.3 is 0 Å². The first-order valence-electron chi connectivity index (χ1n) is 8.30. The van der Waals surface area contributed by atoms with Crippen LogP contribution in [-0.2, 0) is 9.47 Å². The van der Waals surface area contributed by atoms with E-state index in [4.69, 9.17) is 9.47 Å². The number of rotatable bonds is 3. The molecule has 0 unspecified atom stereocenters. The molecule has 2 heterocycles. The van der Waals surface area contributed by atoms with Gasteiger partial charge in [-0.3, -0.25) is 0 Å². The van der Waals surface area contributed by atoms with Crippen molar-refractivity contribution < 1.29 is 9.47 Å². The van der Waals surface area contributed by atoms with Crippen LogP contribution in [0.2, 0.25) is 0 Å². The zero-order valence-electron chi connectivity index (χ0n) is 13.2. The van der Waals surface area contributed by atoms with Crippen molar-refractivity contribution in [3.8, 4) is 0 Å². The summed E-state index contributed by atoms with van der Waals surface area (Å²) >= 11 is 0. The quantitative estimate of drug-likeness (QED) is 0.741. The van der Waals surface area contributed by atoms with Crippen molar-refractivity contribution in [1.29, 1.82) is 0 Å². The van der Waals surface area contributed by atoms with Crippen LogP contribution >= 0.6 is 0 Å². The molecule has 0 radical (unpaired) electrons. The minimum absolute atomic E-state index is 0.0111. The van der Waals surface area contributed by atoms with Gasteiger partial charge in [0.2, 0.25) is 0 Å². The van der Waals surface area contributed by atoms with Crippen LogP contribution < -0.4 is 0 Å². The second kappa shape index (κ2) is 6.17. The SMILES string of the molecule is CC1=C[C@H](C)[C@H]([C@@H]2OC[C@H](CN3CCCC3)O2)[C@H](C)C1. The molecule has 2 saturated heterocycles. The Morgan fingerprint density at radius 3 is 2.70 bits per heavy atom. The largest absolute Gasteiger partial charge is 0.350 e. The van der Waals surface area contributed by atoms with E-state index in [0.717, 1.165) is 13.2 Å². The van der Waals surface area contributed by atoms with Crippen molar-refractivity contribution in [2.45, 2.75) is 52.4 Å². The van der Waals surface area contributed by atoms with E-state index in [-0.39, 0.29) is 12.4 Å². The lowest BCUT2D eigenvalue weighted by atomic mass is 9.74. The highest BCUT2D eigenvalue weighted by Gasteiger charge is 2.40. The molecular formula is C17H29NO2. The molecular weight excluding hydrogens is 250 g/mol. The summed E-state index contributed by atoms with van der Waals surface area (Å²) in [5.41, 5.74) is 1.52. The third-order valence-electron chi connectivity index (χ3n) is 5.20. The van der Waals surface area contributed by atoms with Gasteiger partial charge in [0, 0.05) is 12.5 Å². The average molecular weight is 279 g/mol. The molecule has 3 rings (SSSR count). The van der Waals surface area contributed by atoms with Gasteiger partial charge in [-0.25, -0.2) is 0 Å². The van der Waals surface area contributed by atoms with Crippen molar-refractivity contribution >= 4 is 0 Å². The number of ether oxygens (including phenoxy) is 2. The minimum atomic E-state index is 0.0111. The lowest BCUT2D eigenvalue weighted by Crippen LogP contribution is -2.36. The van der Waals surface area contributed by atoms with Gasteiger partial charge in [-0.1, -0.05) is 25.5 Å². The minimum Gasteiger partial charge on any atom is -0.350 e. The Morgan fingerprint density at radius 1 is 1.25 bits per heavy atom. The molecule has 0 N–H and O–H groups in total. The molecule has 2 fully saturated rings. The van der Waals surface area contributed by atoms with Gasteiger partial charge in [-0.15, -0.1) is 0 Å². The Bertz CT molecular complexity index is 362. The van der Waals surface area contributed by atoms with Gasteiger partial charge in [0.25, 0.3) is 0 Å². The van der Waals surface area contributed by atoms with Crippen LogP contribution in [0.4, 0.5) is 0 Å². The summed E-state index contributed by atoms with van der Waals surface area (Å²) < 4.78 is 12.3. The molecule has 0 aromatic heterocycles. The highest BCUT2D eigenvalue weighted by atomic mass is 16.7. The molecule has 0 amide bonds. The van der Waals surface area contributed by atoms with Crippen molar-refractivity contribution in [2.75, 3.05) is 26.2 Å². The van der Waals surface area contributed by atoms with E-state index in [0.29, 0.717) is 17.8 Å². The maximum atomic E-state index is 6.25. The maximum Gasteiger partial charge on any atom is 0.161 e. The molecule has 2 aliphatic heterocycles. The van der Waals surface area contributed by atoms with Gasteiger partial charge in [0.1, 0.15) is 0 Å². The fraction of sp³-hybridized carbons (Fsp3) is 0.882. The number of likely N-dealkylation sites (tertiary alicyclic amines) is 1. The maximum absolute atomic E-state index is 6.25. The number of nitrogens with zero attached hydrogens (tertiary/aromatic N) is 1. The Labute approximate surface area is 123 Å². The molecule has 0 saturated carbocycles. The normalized spacial score (nSPS) is 43.0. The average Bonchev–Trinajstić information content (AvgIpc) is 3.00. The first-order chi connectivity index (χ1) is 9.63. The summed E-state index contributed by atoms with van der Waals surface area (Å²) in [5.74, 6) is 1.74. The zero-order chi connectivity index (χ0) is 14.1. The number of allylic oxidation sites excluding steroid dienone is 2. The van der Waals surface area contributed by atoms with Gasteiger partial charge in [0.05, 0.1) is 12.7 Å². The lowest BCUT2D eigenvalue weighted by molar-refractivity contribution is -0.123. The van der Waals surface area contributed by atoms with Crippen LogP contribution in [0, 0.1) is 17.8 Å². The molecule has 3 heteroatoms. The zero-order valence-corrected chi connectivity index (χ0v) is 13.2. The first kappa shape index (κ1) is 14.6. The molecule has 114 valence electrons. The van der Waals surface area contributed by atoms with E-state index in [1.165, 1.54) is 37.9 Å². The fourth-order valence-corrected chi connectivity index (χ4v) is 4.33. The van der Waals surface area contributed by atoms with E-state index in [9.17, 15) is 0 Å². The summed E-state index contributed by atoms with van der Waals surface area (Å²) in [6.45, 7) is 11.2. The number of hydrogen-bond acceptors (Lipinski definition) is 3. The van der Waals surface area contributed by atoms with Crippen molar-refractivity contribution in [1.82, 2.24) is 4.90 Å². The molecule has 3 nitrogen and oxygen atoms in total. The van der Waals surface area contributed by atoms with E-state index in [1.807, 2.05) is 0 Å². The monoisotopic (exact) mass is 279 g/mol. The predicted molar refractivity (Wildman–Crippen MR) is 80.5 cm³/mol. The third kappa shape index (κ3) is 3.10. The predicted octanol–water partition coefficient (Wildman–Crippen LogP) is 3.06. The Balaban J connectivity index is 1.56. The Morgan fingerprint density at radius 2 is 2.00 bits per heavy atom. The van der Waals surface area contributed by atoms with Crippen molar-refractivity contribution in [3.63, 3.8) is 0 Å². The van der Waals surface area contributed by atoms with Crippen LogP contribution in [0.15, 0.2) is 11.6 Å². The highest BCUT2D eigenvalue weighted by molar-refractivity contribution is 5.09. The van der Waals surface area contributed by atoms with Gasteiger partial charge in [-0.2, -0.15) is 0 Å². The van der Waals surface area contributed by atoms with Gasteiger partial charge < -0.3 is 14.4 Å². The standard InChI is InChI=1S/C17H29NO2/c1-12-8-13(2)16(14(3)9-12)17-19-11-15(20-17)10-18-6-4-5-7-18/h8,13-17H,4-7,9-11H2,1-3H3/t13-,14+,15-,16-,17+/m0/s1.